The molecule has 0 rings (SSSR count). The van der Waals surface area contributed by atoms with Crippen molar-refractivity contribution in [2.75, 3.05) is 26.3 Å². The van der Waals surface area contributed by atoms with Crippen LogP contribution in [0.15, 0.2) is 0 Å². The van der Waals surface area contributed by atoms with Crippen LogP contribution in [0.1, 0.15) is 27.7 Å². The third kappa shape index (κ3) is 5.97. The van der Waals surface area contributed by atoms with E-state index in [0.717, 1.165) is 32.3 Å². The Bertz CT molecular complexity index is 210. The lowest BCUT2D eigenvalue weighted by Crippen LogP contribution is -2.50. The van der Waals surface area contributed by atoms with Crippen LogP contribution < -0.4 is 0 Å². The first-order valence-corrected chi connectivity index (χ1v) is 13.1. The minimum atomic E-state index is -1.92. The minimum absolute atomic E-state index is 0.774. The fourth-order valence-corrected chi connectivity index (χ4v) is 10.5. The maximum atomic E-state index is 5.93. The second-order valence-corrected chi connectivity index (χ2v) is 13.6. The molecule has 0 saturated heterocycles. The van der Waals surface area contributed by atoms with E-state index in [1.807, 2.05) is 0 Å². The number of nitrogens with zero attached hydrogens (tertiary/aromatic N) is 1. The van der Waals surface area contributed by atoms with Gasteiger partial charge < -0.3 is 13.4 Å². The molecule has 0 aliphatic rings. The molecule has 5 heteroatoms. The van der Waals surface area contributed by atoms with Crippen molar-refractivity contribution in [3.8, 4) is 0 Å². The molecular formula is C13H33NO2Si2. The maximum Gasteiger partial charge on any atom is 0.334 e. The van der Waals surface area contributed by atoms with E-state index >= 15 is 0 Å². The Labute approximate surface area is 116 Å². The molecular weight excluding hydrogens is 258 g/mol. The Balaban J connectivity index is 4.49. The van der Waals surface area contributed by atoms with E-state index in [1.54, 1.807) is 0 Å². The predicted octanol–water partition coefficient (Wildman–Crippen LogP) is 3.68. The van der Waals surface area contributed by atoms with Gasteiger partial charge in [0.25, 0.3) is 0 Å². The zero-order valence-electron chi connectivity index (χ0n) is 13.5. The molecule has 0 amide bonds. The Kier molecular flexibility index (Phi) is 8.63. The highest BCUT2D eigenvalue weighted by Gasteiger charge is 2.36. The smallest absolute Gasteiger partial charge is 0.334 e. The fraction of sp³-hybridized carbons (Fsp3) is 1.00. The molecule has 0 aromatic rings. The molecule has 0 radical (unpaired) electrons. The van der Waals surface area contributed by atoms with Crippen LogP contribution in [-0.2, 0) is 8.85 Å². The van der Waals surface area contributed by atoms with E-state index < -0.39 is 16.8 Å². The first kappa shape index (κ1) is 18.3. The highest BCUT2D eigenvalue weighted by atomic mass is 28.4. The summed E-state index contributed by atoms with van der Waals surface area (Å²) in [6.45, 7) is 19.7. The second kappa shape index (κ2) is 8.48. The lowest BCUT2D eigenvalue weighted by atomic mass is 10.7. The quantitative estimate of drug-likeness (QED) is 0.573. The van der Waals surface area contributed by atoms with Gasteiger partial charge in [0, 0.05) is 13.2 Å². The number of hydrogen-bond donors (Lipinski definition) is 0. The third-order valence-corrected chi connectivity index (χ3v) is 11.0. The summed E-state index contributed by atoms with van der Waals surface area (Å²) in [5.74, 6) is 0. The van der Waals surface area contributed by atoms with Crippen LogP contribution in [0.25, 0.3) is 0 Å². The zero-order valence-corrected chi connectivity index (χ0v) is 15.5. The van der Waals surface area contributed by atoms with E-state index in [1.165, 1.54) is 6.04 Å². The molecule has 0 aromatic carbocycles. The van der Waals surface area contributed by atoms with E-state index in [9.17, 15) is 0 Å². The molecule has 0 saturated carbocycles. The van der Waals surface area contributed by atoms with Crippen molar-refractivity contribution >= 4 is 16.8 Å². The van der Waals surface area contributed by atoms with Gasteiger partial charge in [-0.3, -0.25) is 0 Å². The van der Waals surface area contributed by atoms with Gasteiger partial charge in [0.05, 0.1) is 0 Å². The predicted molar refractivity (Wildman–Crippen MR) is 84.9 cm³/mol. The molecule has 0 unspecified atom stereocenters. The molecule has 0 heterocycles. The Hall–Kier alpha value is 0.314. The Morgan fingerprint density at radius 2 is 1.22 bits per heavy atom. The summed E-state index contributed by atoms with van der Waals surface area (Å²) < 4.78 is 14.5. The molecule has 0 aliphatic carbocycles. The van der Waals surface area contributed by atoms with Crippen molar-refractivity contribution in [1.82, 2.24) is 4.57 Å². The first-order valence-electron chi connectivity index (χ1n) is 7.38. The van der Waals surface area contributed by atoms with Gasteiger partial charge in [-0.15, -0.1) is 0 Å². The summed E-state index contributed by atoms with van der Waals surface area (Å²) in [6.07, 6.45) is 0. The standard InChI is InChI=1S/C13H33NO2Si2/c1-8-14(9-2)17(5,6)12-13-18(7,15-10-3)16-11-4/h8-13H2,1-7H3. The van der Waals surface area contributed by atoms with Crippen molar-refractivity contribution in [2.45, 2.75) is 59.4 Å². The van der Waals surface area contributed by atoms with Crippen LogP contribution in [0, 0.1) is 0 Å². The summed E-state index contributed by atoms with van der Waals surface area (Å²) in [6, 6.07) is 2.40. The summed E-state index contributed by atoms with van der Waals surface area (Å²) in [4.78, 5) is 0. The van der Waals surface area contributed by atoms with Gasteiger partial charge in [-0.05, 0) is 45.6 Å². The first-order chi connectivity index (χ1) is 8.35. The summed E-state index contributed by atoms with van der Waals surface area (Å²) in [5.41, 5.74) is 0. The van der Waals surface area contributed by atoms with Gasteiger partial charge in [0.1, 0.15) is 8.24 Å². The van der Waals surface area contributed by atoms with Gasteiger partial charge in [0.2, 0.25) is 0 Å². The van der Waals surface area contributed by atoms with Crippen molar-refractivity contribution in [3.63, 3.8) is 0 Å². The van der Waals surface area contributed by atoms with Gasteiger partial charge in [0.15, 0.2) is 0 Å². The molecule has 0 aromatic heterocycles. The average molecular weight is 292 g/mol. The van der Waals surface area contributed by atoms with Crippen molar-refractivity contribution in [1.29, 1.82) is 0 Å². The maximum absolute atomic E-state index is 5.93. The average Bonchev–Trinajstić information content (AvgIpc) is 2.29. The van der Waals surface area contributed by atoms with Gasteiger partial charge in [-0.25, -0.2) is 0 Å². The second-order valence-electron chi connectivity index (χ2n) is 5.48. The van der Waals surface area contributed by atoms with E-state index in [0.29, 0.717) is 0 Å². The molecule has 3 nitrogen and oxygen atoms in total. The third-order valence-electron chi connectivity index (χ3n) is 3.71. The Morgan fingerprint density at radius 1 is 0.778 bits per heavy atom. The van der Waals surface area contributed by atoms with Crippen molar-refractivity contribution in [2.24, 2.45) is 0 Å². The number of hydrogen-bond acceptors (Lipinski definition) is 3. The largest absolute Gasteiger partial charge is 0.395 e. The van der Waals surface area contributed by atoms with Crippen LogP contribution in [0.3, 0.4) is 0 Å². The number of rotatable bonds is 10. The van der Waals surface area contributed by atoms with E-state index in [2.05, 4.69) is 51.9 Å². The molecule has 0 N–H and O–H groups in total. The van der Waals surface area contributed by atoms with Crippen LogP contribution >= 0.6 is 0 Å². The molecule has 0 atom stereocenters. The highest BCUT2D eigenvalue weighted by Crippen LogP contribution is 2.24. The normalized spacial score (nSPS) is 13.3. The summed E-state index contributed by atoms with van der Waals surface area (Å²) >= 11 is 0. The van der Waals surface area contributed by atoms with Crippen LogP contribution in [0.4, 0.5) is 0 Å². The lowest BCUT2D eigenvalue weighted by Gasteiger charge is -2.37. The van der Waals surface area contributed by atoms with Crippen LogP contribution in [0.5, 0.6) is 0 Å². The van der Waals surface area contributed by atoms with Gasteiger partial charge >= 0.3 is 8.56 Å². The van der Waals surface area contributed by atoms with Gasteiger partial charge in [-0.2, -0.15) is 0 Å². The van der Waals surface area contributed by atoms with Crippen LogP contribution in [0.2, 0.25) is 31.7 Å². The SMILES string of the molecule is CCO[Si](C)(CC[Si](C)(C)N(CC)CC)OCC. The summed E-state index contributed by atoms with van der Waals surface area (Å²) in [5, 5.41) is 0. The summed E-state index contributed by atoms with van der Waals surface area (Å²) in [7, 11) is -3.22. The van der Waals surface area contributed by atoms with Gasteiger partial charge in [-0.1, -0.05) is 26.9 Å². The minimum Gasteiger partial charge on any atom is -0.395 e. The zero-order chi connectivity index (χ0) is 14.2. The monoisotopic (exact) mass is 291 g/mol. The van der Waals surface area contributed by atoms with Crippen LogP contribution in [-0.4, -0.2) is 47.7 Å². The molecule has 110 valence electrons. The molecule has 0 aliphatic heterocycles. The Morgan fingerprint density at radius 3 is 1.56 bits per heavy atom. The van der Waals surface area contributed by atoms with Crippen molar-refractivity contribution < 1.29 is 8.85 Å². The fourth-order valence-electron chi connectivity index (χ4n) is 2.57. The molecule has 0 fully saturated rings. The van der Waals surface area contributed by atoms with E-state index in [-0.39, 0.29) is 0 Å². The topological polar surface area (TPSA) is 21.7 Å². The van der Waals surface area contributed by atoms with E-state index in [4.69, 9.17) is 8.85 Å². The van der Waals surface area contributed by atoms with Crippen molar-refractivity contribution in [3.05, 3.63) is 0 Å². The lowest BCUT2D eigenvalue weighted by molar-refractivity contribution is 0.190. The molecule has 18 heavy (non-hydrogen) atoms. The molecule has 0 spiro atoms. The highest BCUT2D eigenvalue weighted by molar-refractivity contribution is 6.77. The molecule has 0 bridgehead atoms.